The van der Waals surface area contributed by atoms with E-state index in [1.165, 1.54) is 11.1 Å². The third-order valence-corrected chi connectivity index (χ3v) is 3.88. The normalized spacial score (nSPS) is 17.1. The number of ether oxygens (including phenoxy) is 2. The summed E-state index contributed by atoms with van der Waals surface area (Å²) >= 11 is 0. The lowest BCUT2D eigenvalue weighted by Crippen LogP contribution is -2.19. The second kappa shape index (κ2) is 6.00. The molecular formula is C18H20O2. The van der Waals surface area contributed by atoms with Crippen LogP contribution in [0.4, 0.5) is 0 Å². The molecule has 0 N–H and O–H groups in total. The van der Waals surface area contributed by atoms with Crippen LogP contribution in [-0.2, 0) is 6.42 Å². The van der Waals surface area contributed by atoms with Crippen LogP contribution in [0.25, 0.3) is 0 Å². The first-order chi connectivity index (χ1) is 9.88. The van der Waals surface area contributed by atoms with E-state index in [2.05, 4.69) is 37.3 Å². The molecule has 0 saturated carbocycles. The van der Waals surface area contributed by atoms with Gasteiger partial charge in [-0.1, -0.05) is 43.3 Å². The second-order valence-electron chi connectivity index (χ2n) is 5.14. The Kier molecular flexibility index (Phi) is 3.91. The molecule has 0 aliphatic carbocycles. The Bertz CT molecular complexity index is 577. The number of rotatable bonds is 4. The van der Waals surface area contributed by atoms with Gasteiger partial charge in [0, 0.05) is 11.5 Å². The van der Waals surface area contributed by atoms with Crippen molar-refractivity contribution in [2.45, 2.75) is 25.7 Å². The zero-order chi connectivity index (χ0) is 13.8. The number of para-hydroxylation sites is 2. The van der Waals surface area contributed by atoms with E-state index < -0.39 is 0 Å². The van der Waals surface area contributed by atoms with Crippen LogP contribution in [0, 0.1) is 0 Å². The van der Waals surface area contributed by atoms with Gasteiger partial charge in [0.2, 0.25) is 0 Å². The average Bonchev–Trinajstić information content (AvgIpc) is 2.53. The summed E-state index contributed by atoms with van der Waals surface area (Å²) < 4.78 is 11.8. The third-order valence-electron chi connectivity index (χ3n) is 3.88. The lowest BCUT2D eigenvalue weighted by molar-refractivity contribution is 0.216. The van der Waals surface area contributed by atoms with Crippen molar-refractivity contribution in [3.63, 3.8) is 0 Å². The first kappa shape index (κ1) is 13.0. The predicted molar refractivity (Wildman–Crippen MR) is 80.6 cm³/mol. The molecule has 2 aromatic rings. The van der Waals surface area contributed by atoms with E-state index in [1.54, 1.807) is 0 Å². The molecular weight excluding hydrogens is 248 g/mol. The van der Waals surface area contributed by atoms with Gasteiger partial charge < -0.3 is 9.47 Å². The summed E-state index contributed by atoms with van der Waals surface area (Å²) in [5, 5.41) is 0. The average molecular weight is 268 g/mol. The lowest BCUT2D eigenvalue weighted by Gasteiger charge is -2.26. The lowest BCUT2D eigenvalue weighted by atomic mass is 9.94. The molecule has 2 aromatic carbocycles. The number of hydrogen-bond donors (Lipinski definition) is 0. The predicted octanol–water partition coefficient (Wildman–Crippen LogP) is 4.19. The maximum atomic E-state index is 6.07. The van der Waals surface area contributed by atoms with Crippen LogP contribution in [0.15, 0.2) is 48.5 Å². The van der Waals surface area contributed by atoms with Crippen LogP contribution in [0.5, 0.6) is 11.5 Å². The Labute approximate surface area is 120 Å². The van der Waals surface area contributed by atoms with Crippen molar-refractivity contribution in [2.24, 2.45) is 0 Å². The summed E-state index contributed by atoms with van der Waals surface area (Å²) in [6, 6.07) is 16.6. The highest BCUT2D eigenvalue weighted by atomic mass is 16.5. The highest BCUT2D eigenvalue weighted by molar-refractivity contribution is 5.38. The number of aryl methyl sites for hydroxylation is 1. The molecule has 104 valence electrons. The number of hydrogen-bond acceptors (Lipinski definition) is 2. The molecule has 1 heterocycles. The molecule has 0 amide bonds. The van der Waals surface area contributed by atoms with Crippen LogP contribution in [0.1, 0.15) is 30.4 Å². The molecule has 3 rings (SSSR count). The second-order valence-corrected chi connectivity index (χ2v) is 5.14. The molecule has 2 nitrogen and oxygen atoms in total. The van der Waals surface area contributed by atoms with Gasteiger partial charge >= 0.3 is 0 Å². The Morgan fingerprint density at radius 1 is 1.10 bits per heavy atom. The molecule has 2 heteroatoms. The topological polar surface area (TPSA) is 18.5 Å². The highest BCUT2D eigenvalue weighted by Gasteiger charge is 2.21. The van der Waals surface area contributed by atoms with Crippen molar-refractivity contribution in [3.8, 4) is 11.5 Å². The Balaban J connectivity index is 1.73. The molecule has 0 spiro atoms. The molecule has 0 saturated heterocycles. The summed E-state index contributed by atoms with van der Waals surface area (Å²) in [5.74, 6) is 2.44. The van der Waals surface area contributed by atoms with Crippen LogP contribution in [0.2, 0.25) is 0 Å². The van der Waals surface area contributed by atoms with E-state index in [0.717, 1.165) is 37.6 Å². The van der Waals surface area contributed by atoms with Gasteiger partial charge in [0.05, 0.1) is 13.2 Å². The zero-order valence-electron chi connectivity index (χ0n) is 11.8. The summed E-state index contributed by atoms with van der Waals surface area (Å²) in [5.41, 5.74) is 2.54. The van der Waals surface area contributed by atoms with Gasteiger partial charge in [0.25, 0.3) is 0 Å². The molecule has 1 aliphatic rings. The van der Waals surface area contributed by atoms with Gasteiger partial charge in [-0.15, -0.1) is 0 Å². The number of fused-ring (bicyclic) bond motifs is 1. The molecule has 0 aromatic heterocycles. The third kappa shape index (κ3) is 2.64. The van der Waals surface area contributed by atoms with Gasteiger partial charge in [-0.2, -0.15) is 0 Å². The van der Waals surface area contributed by atoms with Crippen molar-refractivity contribution in [2.75, 3.05) is 13.2 Å². The molecule has 0 bridgehead atoms. The largest absolute Gasteiger partial charge is 0.493 e. The van der Waals surface area contributed by atoms with Gasteiger partial charge in [-0.3, -0.25) is 0 Å². The van der Waals surface area contributed by atoms with Crippen LogP contribution < -0.4 is 9.47 Å². The summed E-state index contributed by atoms with van der Waals surface area (Å²) in [4.78, 5) is 0. The smallest absolute Gasteiger partial charge is 0.122 e. The van der Waals surface area contributed by atoms with Crippen LogP contribution in [-0.4, -0.2) is 13.2 Å². The maximum Gasteiger partial charge on any atom is 0.122 e. The van der Waals surface area contributed by atoms with Crippen molar-refractivity contribution < 1.29 is 9.47 Å². The SMILES string of the molecule is CCc1ccccc1OCC1CCOc2ccccc21. The Morgan fingerprint density at radius 3 is 2.80 bits per heavy atom. The van der Waals surface area contributed by atoms with E-state index >= 15 is 0 Å². The van der Waals surface area contributed by atoms with Crippen LogP contribution >= 0.6 is 0 Å². The molecule has 20 heavy (non-hydrogen) atoms. The molecule has 0 radical (unpaired) electrons. The summed E-state index contributed by atoms with van der Waals surface area (Å²) in [6.45, 7) is 3.66. The molecule has 0 fully saturated rings. The maximum absolute atomic E-state index is 6.07. The summed E-state index contributed by atoms with van der Waals surface area (Å²) in [6.07, 6.45) is 2.02. The monoisotopic (exact) mass is 268 g/mol. The fourth-order valence-electron chi connectivity index (χ4n) is 2.72. The standard InChI is InChI=1S/C18H20O2/c1-2-14-7-3-5-9-17(14)20-13-15-11-12-19-18-10-6-4-8-16(15)18/h3-10,15H,2,11-13H2,1H3. The van der Waals surface area contributed by atoms with E-state index in [9.17, 15) is 0 Å². The fraction of sp³-hybridized carbons (Fsp3) is 0.333. The minimum Gasteiger partial charge on any atom is -0.493 e. The van der Waals surface area contributed by atoms with Gasteiger partial charge in [0.1, 0.15) is 11.5 Å². The minimum atomic E-state index is 0.421. The van der Waals surface area contributed by atoms with Crippen molar-refractivity contribution >= 4 is 0 Å². The van der Waals surface area contributed by atoms with Gasteiger partial charge in [0.15, 0.2) is 0 Å². The minimum absolute atomic E-state index is 0.421. The van der Waals surface area contributed by atoms with E-state index in [0.29, 0.717) is 5.92 Å². The van der Waals surface area contributed by atoms with Gasteiger partial charge in [-0.25, -0.2) is 0 Å². The van der Waals surface area contributed by atoms with Crippen molar-refractivity contribution in [1.82, 2.24) is 0 Å². The Morgan fingerprint density at radius 2 is 1.90 bits per heavy atom. The van der Waals surface area contributed by atoms with Crippen molar-refractivity contribution in [1.29, 1.82) is 0 Å². The van der Waals surface area contributed by atoms with Gasteiger partial charge in [-0.05, 0) is 30.5 Å². The first-order valence-corrected chi connectivity index (χ1v) is 7.31. The zero-order valence-corrected chi connectivity index (χ0v) is 11.8. The number of benzene rings is 2. The van der Waals surface area contributed by atoms with E-state index in [4.69, 9.17) is 9.47 Å². The molecule has 1 atom stereocenters. The molecule has 1 unspecified atom stereocenters. The van der Waals surface area contributed by atoms with E-state index in [1.807, 2.05) is 18.2 Å². The highest BCUT2D eigenvalue weighted by Crippen LogP contribution is 2.34. The fourth-order valence-corrected chi connectivity index (χ4v) is 2.72. The first-order valence-electron chi connectivity index (χ1n) is 7.31. The van der Waals surface area contributed by atoms with Crippen LogP contribution in [0.3, 0.4) is 0 Å². The van der Waals surface area contributed by atoms with E-state index in [-0.39, 0.29) is 0 Å². The molecule has 1 aliphatic heterocycles. The Hall–Kier alpha value is -1.96. The quantitative estimate of drug-likeness (QED) is 0.827. The van der Waals surface area contributed by atoms with Crippen molar-refractivity contribution in [3.05, 3.63) is 59.7 Å². The summed E-state index contributed by atoms with van der Waals surface area (Å²) in [7, 11) is 0.